The Hall–Kier alpha value is -1.94. The maximum absolute atomic E-state index is 12.5. The van der Waals surface area contributed by atoms with Gasteiger partial charge in [0.1, 0.15) is 0 Å². The SMILES string of the molecule is Cc1noc(C2CN(S(=O)(=O)c3ccc(C(F)(F)F)cc3)C2)n1. The minimum atomic E-state index is -4.50. The van der Waals surface area contributed by atoms with E-state index in [9.17, 15) is 21.6 Å². The van der Waals surface area contributed by atoms with Gasteiger partial charge in [-0.05, 0) is 31.2 Å². The van der Waals surface area contributed by atoms with E-state index in [0.29, 0.717) is 11.7 Å². The van der Waals surface area contributed by atoms with Crippen LogP contribution in [0.2, 0.25) is 0 Å². The van der Waals surface area contributed by atoms with Crippen LogP contribution in [0.5, 0.6) is 0 Å². The molecule has 0 atom stereocenters. The molecule has 0 unspecified atom stereocenters. The van der Waals surface area contributed by atoms with Crippen molar-refractivity contribution in [3.05, 3.63) is 41.5 Å². The summed E-state index contributed by atoms with van der Waals surface area (Å²) in [4.78, 5) is 3.86. The summed E-state index contributed by atoms with van der Waals surface area (Å²) < 4.78 is 68.3. The van der Waals surface area contributed by atoms with E-state index >= 15 is 0 Å². The minimum Gasteiger partial charge on any atom is -0.339 e. The number of aryl methyl sites for hydroxylation is 1. The molecule has 0 spiro atoms. The predicted molar refractivity (Wildman–Crippen MR) is 72.0 cm³/mol. The van der Waals surface area contributed by atoms with E-state index in [1.807, 2.05) is 0 Å². The van der Waals surface area contributed by atoms with Crippen molar-refractivity contribution < 1.29 is 26.1 Å². The molecule has 2 heterocycles. The van der Waals surface area contributed by atoms with Gasteiger partial charge in [-0.25, -0.2) is 8.42 Å². The fourth-order valence-electron chi connectivity index (χ4n) is 2.23. The molecule has 124 valence electrons. The Balaban J connectivity index is 1.73. The molecule has 0 amide bonds. The van der Waals surface area contributed by atoms with Crippen molar-refractivity contribution in [1.82, 2.24) is 14.4 Å². The first-order chi connectivity index (χ1) is 10.7. The van der Waals surface area contributed by atoms with Crippen LogP contribution >= 0.6 is 0 Å². The topological polar surface area (TPSA) is 76.3 Å². The lowest BCUT2D eigenvalue weighted by molar-refractivity contribution is -0.137. The van der Waals surface area contributed by atoms with Crippen LogP contribution in [0.1, 0.15) is 23.2 Å². The van der Waals surface area contributed by atoms with E-state index in [2.05, 4.69) is 10.1 Å². The van der Waals surface area contributed by atoms with Gasteiger partial charge in [-0.1, -0.05) is 5.16 Å². The van der Waals surface area contributed by atoms with Crippen LogP contribution in [-0.2, 0) is 16.2 Å². The normalized spacial score (nSPS) is 17.2. The van der Waals surface area contributed by atoms with Gasteiger partial charge >= 0.3 is 6.18 Å². The Bertz CT molecular complexity index is 809. The molecular formula is C13H12F3N3O3S. The van der Waals surface area contributed by atoms with Crippen LogP contribution in [-0.4, -0.2) is 36.0 Å². The molecule has 0 aliphatic carbocycles. The summed E-state index contributed by atoms with van der Waals surface area (Å²) in [7, 11) is -3.82. The Morgan fingerprint density at radius 2 is 1.83 bits per heavy atom. The van der Waals surface area contributed by atoms with Gasteiger partial charge in [-0.15, -0.1) is 0 Å². The molecular weight excluding hydrogens is 335 g/mol. The van der Waals surface area contributed by atoms with E-state index in [0.717, 1.165) is 24.3 Å². The molecule has 1 aromatic carbocycles. The number of sulfonamides is 1. The Morgan fingerprint density at radius 1 is 1.22 bits per heavy atom. The van der Waals surface area contributed by atoms with Crippen molar-refractivity contribution >= 4 is 10.0 Å². The minimum absolute atomic E-state index is 0.158. The number of hydrogen-bond donors (Lipinski definition) is 0. The summed E-state index contributed by atoms with van der Waals surface area (Å²) in [5, 5.41) is 3.64. The van der Waals surface area contributed by atoms with Crippen LogP contribution in [0.25, 0.3) is 0 Å². The highest BCUT2D eigenvalue weighted by Gasteiger charge is 2.40. The highest BCUT2D eigenvalue weighted by molar-refractivity contribution is 7.89. The number of rotatable bonds is 3. The van der Waals surface area contributed by atoms with Gasteiger partial charge in [-0.3, -0.25) is 0 Å². The largest absolute Gasteiger partial charge is 0.416 e. The summed E-state index contributed by atoms with van der Waals surface area (Å²) in [6, 6.07) is 3.43. The molecule has 2 aromatic rings. The lowest BCUT2D eigenvalue weighted by Crippen LogP contribution is -2.48. The van der Waals surface area contributed by atoms with Crippen LogP contribution in [0.15, 0.2) is 33.7 Å². The fraction of sp³-hybridized carbons (Fsp3) is 0.385. The summed E-state index contributed by atoms with van der Waals surface area (Å²) in [5.41, 5.74) is -0.890. The molecule has 0 N–H and O–H groups in total. The first-order valence-corrected chi connectivity index (χ1v) is 8.09. The molecule has 3 rings (SSSR count). The van der Waals surface area contributed by atoms with Crippen LogP contribution in [0.3, 0.4) is 0 Å². The lowest BCUT2D eigenvalue weighted by atomic mass is 10.0. The van der Waals surface area contributed by atoms with Crippen LogP contribution in [0.4, 0.5) is 13.2 Å². The molecule has 1 saturated heterocycles. The second kappa shape index (κ2) is 5.31. The second-order valence-corrected chi connectivity index (χ2v) is 7.16. The molecule has 0 bridgehead atoms. The number of benzene rings is 1. The number of alkyl halides is 3. The number of nitrogens with zero attached hydrogens (tertiary/aromatic N) is 3. The third-order valence-electron chi connectivity index (χ3n) is 3.56. The van der Waals surface area contributed by atoms with E-state index in [1.165, 1.54) is 4.31 Å². The maximum Gasteiger partial charge on any atom is 0.416 e. The maximum atomic E-state index is 12.5. The predicted octanol–water partition coefficient (Wildman–Crippen LogP) is 2.18. The van der Waals surface area contributed by atoms with Crippen molar-refractivity contribution in [2.75, 3.05) is 13.1 Å². The zero-order chi connectivity index (χ0) is 16.8. The number of hydrogen-bond acceptors (Lipinski definition) is 5. The number of halogens is 3. The van der Waals surface area contributed by atoms with Crippen molar-refractivity contribution in [2.24, 2.45) is 0 Å². The summed E-state index contributed by atoms with van der Waals surface area (Å²) in [6.07, 6.45) is -4.50. The molecule has 1 fully saturated rings. The highest BCUT2D eigenvalue weighted by atomic mass is 32.2. The van der Waals surface area contributed by atoms with Gasteiger partial charge in [0, 0.05) is 13.1 Å². The van der Waals surface area contributed by atoms with Crippen molar-refractivity contribution in [3.8, 4) is 0 Å². The molecule has 0 radical (unpaired) electrons. The quantitative estimate of drug-likeness (QED) is 0.851. The molecule has 1 aliphatic rings. The van der Waals surface area contributed by atoms with Gasteiger partial charge in [-0.2, -0.15) is 22.5 Å². The third-order valence-corrected chi connectivity index (χ3v) is 5.41. The van der Waals surface area contributed by atoms with Gasteiger partial charge in [0.15, 0.2) is 5.82 Å². The van der Waals surface area contributed by atoms with Gasteiger partial charge in [0.2, 0.25) is 15.9 Å². The molecule has 0 saturated carbocycles. The van der Waals surface area contributed by atoms with Gasteiger partial charge in [0.25, 0.3) is 0 Å². The van der Waals surface area contributed by atoms with Crippen molar-refractivity contribution in [1.29, 1.82) is 0 Å². The van der Waals surface area contributed by atoms with Crippen molar-refractivity contribution in [3.63, 3.8) is 0 Å². The van der Waals surface area contributed by atoms with Crippen LogP contribution in [0, 0.1) is 6.92 Å². The fourth-order valence-corrected chi connectivity index (χ4v) is 3.77. The average Bonchev–Trinajstić information content (AvgIpc) is 2.82. The number of aromatic nitrogens is 2. The third kappa shape index (κ3) is 2.95. The summed E-state index contributed by atoms with van der Waals surface area (Å²) >= 11 is 0. The van der Waals surface area contributed by atoms with Crippen LogP contribution < -0.4 is 0 Å². The second-order valence-electron chi connectivity index (χ2n) is 5.22. The molecule has 1 aromatic heterocycles. The molecule has 23 heavy (non-hydrogen) atoms. The lowest BCUT2D eigenvalue weighted by Gasteiger charge is -2.35. The Kier molecular flexibility index (Phi) is 3.68. The zero-order valence-corrected chi connectivity index (χ0v) is 12.7. The molecule has 10 heteroatoms. The van der Waals surface area contributed by atoms with E-state index in [4.69, 9.17) is 4.52 Å². The monoisotopic (exact) mass is 347 g/mol. The summed E-state index contributed by atoms with van der Waals surface area (Å²) in [6.45, 7) is 1.97. The summed E-state index contributed by atoms with van der Waals surface area (Å²) in [5.74, 6) is 0.630. The smallest absolute Gasteiger partial charge is 0.339 e. The zero-order valence-electron chi connectivity index (χ0n) is 11.9. The Labute approximate surface area is 130 Å². The van der Waals surface area contributed by atoms with Gasteiger partial charge < -0.3 is 4.52 Å². The first kappa shape index (κ1) is 15.9. The van der Waals surface area contributed by atoms with E-state index in [-0.39, 0.29) is 23.9 Å². The first-order valence-electron chi connectivity index (χ1n) is 6.65. The molecule has 1 aliphatic heterocycles. The van der Waals surface area contributed by atoms with Crippen molar-refractivity contribution in [2.45, 2.75) is 23.9 Å². The van der Waals surface area contributed by atoms with E-state index in [1.54, 1.807) is 6.92 Å². The standard InChI is InChI=1S/C13H12F3N3O3S/c1-8-17-12(22-18-8)9-6-19(7-9)23(20,21)11-4-2-10(3-5-11)13(14,15)16/h2-5,9H,6-7H2,1H3. The van der Waals surface area contributed by atoms with Gasteiger partial charge in [0.05, 0.1) is 16.4 Å². The Morgan fingerprint density at radius 3 is 2.30 bits per heavy atom. The average molecular weight is 347 g/mol. The highest BCUT2D eigenvalue weighted by Crippen LogP contribution is 2.33. The van der Waals surface area contributed by atoms with E-state index < -0.39 is 21.8 Å². The molecule has 6 nitrogen and oxygen atoms in total.